The van der Waals surface area contributed by atoms with Crippen molar-refractivity contribution in [3.05, 3.63) is 30.3 Å². The summed E-state index contributed by atoms with van der Waals surface area (Å²) in [5, 5.41) is 8.52. The molecule has 0 heterocycles. The number of carboxylic acids is 1. The van der Waals surface area contributed by atoms with Gasteiger partial charge < -0.3 is 5.11 Å². The second kappa shape index (κ2) is 23.5. The van der Waals surface area contributed by atoms with Crippen molar-refractivity contribution in [2.75, 3.05) is 0 Å². The summed E-state index contributed by atoms with van der Waals surface area (Å²) in [5.41, 5.74) is 0. The number of unbranched alkanes of at least 4 members (excludes halogenated alkanes) is 14. The number of hydrogen-bond acceptors (Lipinski definition) is 1. The maximum atomic E-state index is 10.3. The molecule has 0 fully saturated rings. The normalized spacial score (nSPS) is 10.1. The van der Waals surface area contributed by atoms with Crippen molar-refractivity contribution in [1.82, 2.24) is 0 Å². The van der Waals surface area contributed by atoms with Crippen LogP contribution in [0.4, 0.5) is 0 Å². The van der Waals surface area contributed by atoms with E-state index in [1.807, 2.05) is 18.2 Å². The van der Waals surface area contributed by atoms with Crippen LogP contribution < -0.4 is 1.66 Å². The van der Waals surface area contributed by atoms with Gasteiger partial charge in [-0.25, -0.2) is 0 Å². The third-order valence-electron chi connectivity index (χ3n) is 4.99. The molecule has 1 rings (SSSR count). The zero-order chi connectivity index (χ0) is 20.7. The Bertz CT molecular complexity index is 439. The summed E-state index contributed by atoms with van der Waals surface area (Å²) in [7, 11) is 0. The van der Waals surface area contributed by atoms with Crippen LogP contribution in [-0.4, -0.2) is 43.4 Å². The predicted molar refractivity (Wildman–Crippen MR) is 125 cm³/mol. The van der Waals surface area contributed by atoms with E-state index in [0.717, 1.165) is 12.8 Å². The fourth-order valence-corrected chi connectivity index (χ4v) is 4.65. The SMILES string of the molecule is CCCCCCCCCCCCCCCCCC(=O)O.[Cl][Ca][c]1ccccc1. The summed E-state index contributed by atoms with van der Waals surface area (Å²) in [6.45, 7) is 2.27. The van der Waals surface area contributed by atoms with Gasteiger partial charge in [-0.2, -0.15) is 0 Å². The molecule has 0 bridgehead atoms. The van der Waals surface area contributed by atoms with Crippen LogP contribution >= 0.6 is 6.39 Å². The van der Waals surface area contributed by atoms with Crippen LogP contribution in [0.25, 0.3) is 0 Å². The molecule has 0 aliphatic heterocycles. The van der Waals surface area contributed by atoms with Crippen molar-refractivity contribution in [3.63, 3.8) is 0 Å². The number of rotatable bonds is 17. The number of aliphatic carboxylic acids is 1. The second-order valence-electron chi connectivity index (χ2n) is 7.71. The Morgan fingerprint density at radius 3 is 1.46 bits per heavy atom. The van der Waals surface area contributed by atoms with Gasteiger partial charge in [0.15, 0.2) is 0 Å². The number of hydrogen-bond donors (Lipinski definition) is 1. The fourth-order valence-electron chi connectivity index (χ4n) is 3.21. The molecule has 1 N–H and O–H groups in total. The van der Waals surface area contributed by atoms with E-state index in [1.165, 1.54) is 85.1 Å². The predicted octanol–water partition coefficient (Wildman–Crippen LogP) is 7.50. The summed E-state index contributed by atoms with van der Waals surface area (Å²) < 4.78 is 1.36. The van der Waals surface area contributed by atoms with Crippen LogP contribution in [-0.2, 0) is 4.79 Å². The van der Waals surface area contributed by atoms with Gasteiger partial charge in [0.25, 0.3) is 0 Å². The molecule has 0 spiro atoms. The Kier molecular flexibility index (Phi) is 23.7. The van der Waals surface area contributed by atoms with Crippen molar-refractivity contribution in [1.29, 1.82) is 0 Å². The summed E-state index contributed by atoms with van der Waals surface area (Å²) >= 11 is -0.803. The third-order valence-corrected chi connectivity index (χ3v) is 7.48. The van der Waals surface area contributed by atoms with E-state index < -0.39 is 38.3 Å². The van der Waals surface area contributed by atoms with Gasteiger partial charge in [0.05, 0.1) is 0 Å². The molecule has 2 nitrogen and oxygen atoms in total. The molecular weight excluding hydrogens is 396 g/mol. The van der Waals surface area contributed by atoms with E-state index in [0.29, 0.717) is 6.42 Å². The number of benzene rings is 1. The molecule has 0 atom stereocenters. The Morgan fingerprint density at radius 1 is 0.750 bits per heavy atom. The number of carbonyl (C=O) groups is 1. The molecule has 0 aliphatic rings. The van der Waals surface area contributed by atoms with E-state index in [9.17, 15) is 4.79 Å². The van der Waals surface area contributed by atoms with E-state index in [2.05, 4.69) is 19.1 Å². The molecule has 0 saturated carbocycles. The minimum atomic E-state index is -0.803. The van der Waals surface area contributed by atoms with Crippen LogP contribution in [0, 0.1) is 0 Å². The van der Waals surface area contributed by atoms with Gasteiger partial charge in [-0.3, -0.25) is 4.79 Å². The molecular formula is C24H41CaClO2. The molecule has 28 heavy (non-hydrogen) atoms. The zero-order valence-electron chi connectivity index (χ0n) is 18.1. The van der Waals surface area contributed by atoms with Gasteiger partial charge in [0, 0.05) is 6.42 Å². The quantitative estimate of drug-likeness (QED) is 0.202. The Hall–Kier alpha value is 0.240. The van der Waals surface area contributed by atoms with E-state index in [4.69, 9.17) is 11.5 Å². The number of carboxylic acid groups (broad SMARTS) is 1. The summed E-state index contributed by atoms with van der Waals surface area (Å²) in [6, 6.07) is 10.3. The van der Waals surface area contributed by atoms with Crippen molar-refractivity contribution < 1.29 is 9.90 Å². The van der Waals surface area contributed by atoms with Crippen molar-refractivity contribution in [2.24, 2.45) is 0 Å². The van der Waals surface area contributed by atoms with Crippen LogP contribution in [0.1, 0.15) is 110 Å². The van der Waals surface area contributed by atoms with Crippen LogP contribution in [0.2, 0.25) is 0 Å². The van der Waals surface area contributed by atoms with Crippen LogP contribution in [0.3, 0.4) is 0 Å². The molecule has 4 heteroatoms. The van der Waals surface area contributed by atoms with E-state index >= 15 is 0 Å². The number of halogens is 1. The van der Waals surface area contributed by atoms with Crippen LogP contribution in [0.15, 0.2) is 30.3 Å². The van der Waals surface area contributed by atoms with Crippen molar-refractivity contribution in [3.8, 4) is 0 Å². The second-order valence-corrected chi connectivity index (χ2v) is 10.5. The molecule has 0 aromatic heterocycles. The van der Waals surface area contributed by atoms with E-state index in [1.54, 1.807) is 0 Å². The monoisotopic (exact) mass is 436 g/mol. The van der Waals surface area contributed by atoms with Gasteiger partial charge in [-0.05, 0) is 6.42 Å². The van der Waals surface area contributed by atoms with Crippen molar-refractivity contribution >= 4 is 46.4 Å². The van der Waals surface area contributed by atoms with E-state index in [-0.39, 0.29) is 0 Å². The Balaban J connectivity index is 0.000000749. The first kappa shape index (κ1) is 28.2. The molecule has 1 aromatic carbocycles. The first-order valence-electron chi connectivity index (χ1n) is 11.5. The maximum absolute atomic E-state index is 10.3. The first-order chi connectivity index (χ1) is 13.7. The van der Waals surface area contributed by atoms with Crippen molar-refractivity contribution in [2.45, 2.75) is 110 Å². The van der Waals surface area contributed by atoms with Gasteiger partial charge in [0.2, 0.25) is 0 Å². The molecule has 1 aromatic rings. The third kappa shape index (κ3) is 22.5. The topological polar surface area (TPSA) is 37.3 Å². The first-order valence-corrected chi connectivity index (χ1v) is 15.7. The van der Waals surface area contributed by atoms with Gasteiger partial charge in [0.1, 0.15) is 0 Å². The summed E-state index contributed by atoms with van der Waals surface area (Å²) in [5.74, 6) is -0.653. The molecule has 0 radical (unpaired) electrons. The molecule has 158 valence electrons. The zero-order valence-corrected chi connectivity index (χ0v) is 21.1. The van der Waals surface area contributed by atoms with Gasteiger partial charge in [-0.1, -0.05) is 96.8 Å². The van der Waals surface area contributed by atoms with Gasteiger partial charge >= 0.3 is 76.7 Å². The average Bonchev–Trinajstić information content (AvgIpc) is 2.72. The average molecular weight is 437 g/mol. The van der Waals surface area contributed by atoms with Crippen LogP contribution in [0.5, 0.6) is 0 Å². The summed E-state index contributed by atoms with van der Waals surface area (Å²) in [6.07, 6.45) is 25.9. The molecule has 0 unspecified atom stereocenters. The fraction of sp³-hybridized carbons (Fsp3) is 0.708. The Labute approximate surface area is 194 Å². The van der Waals surface area contributed by atoms with Gasteiger partial charge in [-0.15, -0.1) is 0 Å². The Morgan fingerprint density at radius 2 is 1.14 bits per heavy atom. The molecule has 0 amide bonds. The molecule has 0 aliphatic carbocycles. The summed E-state index contributed by atoms with van der Waals surface area (Å²) in [4.78, 5) is 10.3. The standard InChI is InChI=1S/C18H36O2.C6H5.Ca.ClH/c1-2-3-4-5-6-7-8-9-10-11-12-13-14-15-16-17-18(19)20;1-2-4-6-5-3-1;;/h2-17H2,1H3,(H,19,20);1-5H;;1H/q;;+1;/p-1. The minimum absolute atomic E-state index is 0.345. The molecule has 0 saturated heterocycles.